The largest absolute Gasteiger partial charge is 0.506 e. The van der Waals surface area contributed by atoms with Crippen LogP contribution in [0.15, 0.2) is 18.2 Å². The molecule has 0 unspecified atom stereocenters. The first-order chi connectivity index (χ1) is 5.74. The van der Waals surface area contributed by atoms with Gasteiger partial charge >= 0.3 is 0 Å². The van der Waals surface area contributed by atoms with Gasteiger partial charge in [-0.25, -0.2) is 0 Å². The summed E-state index contributed by atoms with van der Waals surface area (Å²) in [6.07, 6.45) is 0. The molecule has 0 spiro atoms. The molecule has 3 heteroatoms. The number of benzene rings is 1. The van der Waals surface area contributed by atoms with Gasteiger partial charge in [-0.15, -0.1) is 0 Å². The molecule has 0 bridgehead atoms. The minimum Gasteiger partial charge on any atom is -0.506 e. The molecule has 0 radical (unpaired) electrons. The highest BCUT2D eigenvalue weighted by molar-refractivity contribution is 7.98. The van der Waals surface area contributed by atoms with Gasteiger partial charge in [0.15, 0.2) is 0 Å². The molecule has 12 heavy (non-hydrogen) atoms. The predicted molar refractivity (Wildman–Crippen MR) is 54.4 cm³/mol. The second-order valence-electron chi connectivity index (χ2n) is 2.53. The Hall–Kier alpha value is -0.830. The fourth-order valence-electron chi connectivity index (χ4n) is 0.899. The van der Waals surface area contributed by atoms with Crippen LogP contribution in [-0.2, 0) is 5.75 Å². The van der Waals surface area contributed by atoms with Crippen LogP contribution in [0.2, 0.25) is 0 Å². The Bertz CT molecular complexity index is 263. The van der Waals surface area contributed by atoms with E-state index in [-0.39, 0.29) is 5.75 Å². The Morgan fingerprint density at radius 2 is 2.25 bits per heavy atom. The van der Waals surface area contributed by atoms with E-state index in [2.05, 4.69) is 6.92 Å². The zero-order valence-corrected chi connectivity index (χ0v) is 7.90. The third kappa shape index (κ3) is 2.34. The van der Waals surface area contributed by atoms with Gasteiger partial charge in [-0.2, -0.15) is 11.8 Å². The lowest BCUT2D eigenvalue weighted by molar-refractivity contribution is 0.477. The zero-order chi connectivity index (χ0) is 8.97. The van der Waals surface area contributed by atoms with Crippen molar-refractivity contribution < 1.29 is 5.11 Å². The minimum atomic E-state index is 0.184. The molecule has 0 amide bonds. The molecule has 0 aliphatic rings. The first kappa shape index (κ1) is 9.26. The Balaban J connectivity index is 2.69. The van der Waals surface area contributed by atoms with Crippen LogP contribution >= 0.6 is 11.8 Å². The molecule has 66 valence electrons. The molecule has 3 N–H and O–H groups in total. The Morgan fingerprint density at radius 3 is 2.83 bits per heavy atom. The topological polar surface area (TPSA) is 46.2 Å². The molecule has 2 nitrogen and oxygen atoms in total. The van der Waals surface area contributed by atoms with Gasteiger partial charge in [0.1, 0.15) is 5.75 Å². The van der Waals surface area contributed by atoms with Gasteiger partial charge in [0.25, 0.3) is 0 Å². The third-order valence-electron chi connectivity index (χ3n) is 1.57. The number of phenolic OH excluding ortho intramolecular Hbond substituents is 1. The summed E-state index contributed by atoms with van der Waals surface area (Å²) in [5.41, 5.74) is 7.02. The van der Waals surface area contributed by atoms with E-state index in [0.29, 0.717) is 5.69 Å². The summed E-state index contributed by atoms with van der Waals surface area (Å²) in [4.78, 5) is 0. The van der Waals surface area contributed by atoms with Crippen molar-refractivity contribution in [1.29, 1.82) is 0 Å². The summed E-state index contributed by atoms with van der Waals surface area (Å²) in [7, 11) is 0. The molecule has 0 saturated carbocycles. The van der Waals surface area contributed by atoms with E-state index in [1.54, 1.807) is 12.1 Å². The van der Waals surface area contributed by atoms with Crippen molar-refractivity contribution in [3.63, 3.8) is 0 Å². The summed E-state index contributed by atoms with van der Waals surface area (Å²) >= 11 is 1.82. The lowest BCUT2D eigenvalue weighted by atomic mass is 10.2. The number of nitrogens with two attached hydrogens (primary N) is 1. The normalized spacial score (nSPS) is 10.1. The van der Waals surface area contributed by atoms with Crippen molar-refractivity contribution >= 4 is 17.4 Å². The summed E-state index contributed by atoms with van der Waals surface area (Å²) < 4.78 is 0. The van der Waals surface area contributed by atoms with Crippen LogP contribution < -0.4 is 5.73 Å². The lowest BCUT2D eigenvalue weighted by Gasteiger charge is -2.02. The fraction of sp³-hybridized carbons (Fsp3) is 0.333. The maximum atomic E-state index is 9.27. The van der Waals surface area contributed by atoms with Crippen molar-refractivity contribution in [3.8, 4) is 5.75 Å². The van der Waals surface area contributed by atoms with E-state index in [0.717, 1.165) is 17.1 Å². The zero-order valence-electron chi connectivity index (χ0n) is 7.08. The average Bonchev–Trinajstić information content (AvgIpc) is 2.07. The molecule has 0 atom stereocenters. The maximum absolute atomic E-state index is 9.27. The predicted octanol–water partition coefficient (Wildman–Crippen LogP) is 2.23. The molecular formula is C9H13NOS. The van der Waals surface area contributed by atoms with Gasteiger partial charge in [0, 0.05) is 5.75 Å². The lowest BCUT2D eigenvalue weighted by Crippen LogP contribution is -1.87. The van der Waals surface area contributed by atoms with Crippen LogP contribution in [0.25, 0.3) is 0 Å². The van der Waals surface area contributed by atoms with Gasteiger partial charge in [-0.3, -0.25) is 0 Å². The first-order valence-corrected chi connectivity index (χ1v) is 5.04. The SMILES string of the molecule is CCSCc1ccc(N)c(O)c1. The minimum absolute atomic E-state index is 0.184. The van der Waals surface area contributed by atoms with Crippen LogP contribution in [0.5, 0.6) is 5.75 Å². The number of rotatable bonds is 3. The van der Waals surface area contributed by atoms with Crippen LogP contribution in [0.3, 0.4) is 0 Å². The fourth-order valence-corrected chi connectivity index (χ4v) is 1.52. The van der Waals surface area contributed by atoms with E-state index in [9.17, 15) is 5.11 Å². The third-order valence-corrected chi connectivity index (χ3v) is 2.51. The Kier molecular flexibility index (Phi) is 3.29. The number of anilines is 1. The van der Waals surface area contributed by atoms with E-state index < -0.39 is 0 Å². The quantitative estimate of drug-likeness (QED) is 0.558. The molecule has 0 saturated heterocycles. The smallest absolute Gasteiger partial charge is 0.138 e. The number of aromatic hydroxyl groups is 1. The molecule has 1 aromatic carbocycles. The van der Waals surface area contributed by atoms with Gasteiger partial charge in [0.05, 0.1) is 5.69 Å². The summed E-state index contributed by atoms with van der Waals surface area (Å²) in [6, 6.07) is 5.40. The molecule has 0 fully saturated rings. The van der Waals surface area contributed by atoms with Crippen molar-refractivity contribution in [2.45, 2.75) is 12.7 Å². The van der Waals surface area contributed by atoms with Crippen molar-refractivity contribution in [2.75, 3.05) is 11.5 Å². The summed E-state index contributed by atoms with van der Waals surface area (Å²) in [5, 5.41) is 9.27. The highest BCUT2D eigenvalue weighted by Gasteiger charge is 1.97. The molecule has 0 heterocycles. The standard InChI is InChI=1S/C9H13NOS/c1-2-12-6-7-3-4-8(10)9(11)5-7/h3-5,11H,2,6,10H2,1H3. The van der Waals surface area contributed by atoms with Crippen LogP contribution in [0.1, 0.15) is 12.5 Å². The molecule has 0 aliphatic carbocycles. The van der Waals surface area contributed by atoms with E-state index in [1.807, 2.05) is 17.8 Å². The van der Waals surface area contributed by atoms with Crippen LogP contribution in [0, 0.1) is 0 Å². The van der Waals surface area contributed by atoms with Crippen LogP contribution in [0.4, 0.5) is 5.69 Å². The number of nitrogen functional groups attached to an aromatic ring is 1. The van der Waals surface area contributed by atoms with Crippen molar-refractivity contribution in [1.82, 2.24) is 0 Å². The number of thioether (sulfide) groups is 1. The monoisotopic (exact) mass is 183 g/mol. The highest BCUT2D eigenvalue weighted by atomic mass is 32.2. The van der Waals surface area contributed by atoms with Gasteiger partial charge in [-0.05, 0) is 23.4 Å². The Morgan fingerprint density at radius 1 is 1.50 bits per heavy atom. The van der Waals surface area contributed by atoms with Gasteiger partial charge in [-0.1, -0.05) is 13.0 Å². The van der Waals surface area contributed by atoms with Gasteiger partial charge in [0.2, 0.25) is 0 Å². The van der Waals surface area contributed by atoms with Crippen LogP contribution in [-0.4, -0.2) is 10.9 Å². The first-order valence-electron chi connectivity index (χ1n) is 3.89. The van der Waals surface area contributed by atoms with Crippen molar-refractivity contribution in [3.05, 3.63) is 23.8 Å². The number of hydrogen-bond acceptors (Lipinski definition) is 3. The molecule has 1 aromatic rings. The second-order valence-corrected chi connectivity index (χ2v) is 3.80. The average molecular weight is 183 g/mol. The van der Waals surface area contributed by atoms with Crippen molar-refractivity contribution in [2.24, 2.45) is 0 Å². The highest BCUT2D eigenvalue weighted by Crippen LogP contribution is 2.22. The van der Waals surface area contributed by atoms with E-state index in [1.165, 1.54) is 0 Å². The van der Waals surface area contributed by atoms with Gasteiger partial charge < -0.3 is 10.8 Å². The Labute approximate surface area is 76.8 Å². The maximum Gasteiger partial charge on any atom is 0.138 e. The molecular weight excluding hydrogens is 170 g/mol. The summed E-state index contributed by atoms with van der Waals surface area (Å²) in [6.45, 7) is 2.11. The van der Waals surface area contributed by atoms with E-state index in [4.69, 9.17) is 5.73 Å². The molecule has 0 aliphatic heterocycles. The summed E-state index contributed by atoms with van der Waals surface area (Å²) in [5.74, 6) is 2.21. The second kappa shape index (κ2) is 4.26. The molecule has 0 aromatic heterocycles. The number of phenols is 1. The molecule has 1 rings (SSSR count). The van der Waals surface area contributed by atoms with E-state index >= 15 is 0 Å². The number of hydrogen-bond donors (Lipinski definition) is 2.